The van der Waals surface area contributed by atoms with Gasteiger partial charge >= 0.3 is 11.9 Å². The van der Waals surface area contributed by atoms with Crippen LogP contribution >= 0.6 is 0 Å². The van der Waals surface area contributed by atoms with Crippen LogP contribution in [0.15, 0.2) is 24.3 Å². The SMILES string of the molecule is O=C(/C=C/c1ccc(O)c(O)c1)O[C@@H]1C[C@]2(O)C[C@@H](OC2=O)[C@H]1O. The van der Waals surface area contributed by atoms with Gasteiger partial charge in [0.25, 0.3) is 0 Å². The second-order valence-corrected chi connectivity index (χ2v) is 5.93. The van der Waals surface area contributed by atoms with Crippen LogP contribution in [0.1, 0.15) is 18.4 Å². The minimum absolute atomic E-state index is 0.0241. The molecule has 4 N–H and O–H groups in total. The van der Waals surface area contributed by atoms with Gasteiger partial charge in [-0.1, -0.05) is 6.07 Å². The summed E-state index contributed by atoms with van der Waals surface area (Å²) < 4.78 is 9.96. The molecule has 1 heterocycles. The molecule has 1 saturated heterocycles. The lowest BCUT2D eigenvalue weighted by atomic mass is 9.82. The summed E-state index contributed by atoms with van der Waals surface area (Å²) in [7, 11) is 0. The van der Waals surface area contributed by atoms with Gasteiger partial charge in [-0.05, 0) is 23.8 Å². The third-order valence-electron chi connectivity index (χ3n) is 4.16. The number of hydrogen-bond donors (Lipinski definition) is 4. The van der Waals surface area contributed by atoms with Crippen LogP contribution in [0, 0.1) is 0 Å². The van der Waals surface area contributed by atoms with Crippen LogP contribution in [-0.2, 0) is 19.1 Å². The monoisotopic (exact) mass is 336 g/mol. The van der Waals surface area contributed by atoms with E-state index < -0.39 is 35.9 Å². The fourth-order valence-electron chi connectivity index (χ4n) is 2.86. The number of phenols is 2. The quantitative estimate of drug-likeness (QED) is 0.340. The predicted molar refractivity (Wildman–Crippen MR) is 78.8 cm³/mol. The molecule has 2 bridgehead atoms. The van der Waals surface area contributed by atoms with Gasteiger partial charge in [-0.25, -0.2) is 9.59 Å². The summed E-state index contributed by atoms with van der Waals surface area (Å²) in [5, 5.41) is 38.7. The summed E-state index contributed by atoms with van der Waals surface area (Å²) in [6.07, 6.45) is -1.000. The highest BCUT2D eigenvalue weighted by Crippen LogP contribution is 2.39. The molecular weight excluding hydrogens is 320 g/mol. The molecule has 128 valence electrons. The normalized spacial score (nSPS) is 31.9. The fraction of sp³-hybridized carbons (Fsp3) is 0.375. The van der Waals surface area contributed by atoms with Crippen molar-refractivity contribution >= 4 is 18.0 Å². The Balaban J connectivity index is 1.65. The zero-order valence-electron chi connectivity index (χ0n) is 12.5. The Kier molecular flexibility index (Phi) is 3.94. The Bertz CT molecular complexity index is 712. The molecule has 1 aromatic carbocycles. The zero-order valence-corrected chi connectivity index (χ0v) is 12.5. The van der Waals surface area contributed by atoms with E-state index in [-0.39, 0.29) is 24.3 Å². The van der Waals surface area contributed by atoms with Gasteiger partial charge in [0.05, 0.1) is 0 Å². The Morgan fingerprint density at radius 1 is 1.29 bits per heavy atom. The first-order chi connectivity index (χ1) is 11.3. The number of carbonyl (C=O) groups is 2. The van der Waals surface area contributed by atoms with Crippen LogP contribution in [0.2, 0.25) is 0 Å². The molecule has 3 rings (SSSR count). The van der Waals surface area contributed by atoms with E-state index in [2.05, 4.69) is 0 Å². The predicted octanol–water partition coefficient (Wildman–Crippen LogP) is -0.166. The third kappa shape index (κ3) is 2.93. The van der Waals surface area contributed by atoms with E-state index >= 15 is 0 Å². The minimum atomic E-state index is -1.73. The van der Waals surface area contributed by atoms with Crippen LogP contribution in [0.3, 0.4) is 0 Å². The van der Waals surface area contributed by atoms with E-state index in [1.54, 1.807) is 0 Å². The second kappa shape index (κ2) is 5.81. The van der Waals surface area contributed by atoms with Gasteiger partial charge in [-0.3, -0.25) is 0 Å². The van der Waals surface area contributed by atoms with Crippen LogP contribution in [0.25, 0.3) is 6.08 Å². The van der Waals surface area contributed by atoms with Gasteiger partial charge < -0.3 is 29.9 Å². The number of fused-ring (bicyclic) bond motifs is 2. The Morgan fingerprint density at radius 2 is 2.04 bits per heavy atom. The van der Waals surface area contributed by atoms with Crippen LogP contribution in [-0.4, -0.2) is 56.3 Å². The molecule has 1 aliphatic heterocycles. The number of aliphatic hydroxyl groups is 2. The van der Waals surface area contributed by atoms with Crippen molar-refractivity contribution in [1.29, 1.82) is 0 Å². The first-order valence-corrected chi connectivity index (χ1v) is 7.31. The number of ether oxygens (including phenoxy) is 2. The highest BCUT2D eigenvalue weighted by Gasteiger charge is 2.58. The van der Waals surface area contributed by atoms with Crippen molar-refractivity contribution in [1.82, 2.24) is 0 Å². The first kappa shape index (κ1) is 16.3. The summed E-state index contributed by atoms with van der Waals surface area (Å²) in [4.78, 5) is 23.4. The van der Waals surface area contributed by atoms with E-state index in [1.165, 1.54) is 24.3 Å². The van der Waals surface area contributed by atoms with Crippen LogP contribution in [0.4, 0.5) is 0 Å². The van der Waals surface area contributed by atoms with E-state index in [1.807, 2.05) is 0 Å². The molecule has 24 heavy (non-hydrogen) atoms. The summed E-state index contributed by atoms with van der Waals surface area (Å²) in [5.74, 6) is -2.22. The Hall–Kier alpha value is -2.58. The van der Waals surface area contributed by atoms with E-state index in [0.29, 0.717) is 5.56 Å². The topological polar surface area (TPSA) is 134 Å². The number of benzene rings is 1. The van der Waals surface area contributed by atoms with Crippen molar-refractivity contribution in [3.63, 3.8) is 0 Å². The number of rotatable bonds is 3. The molecule has 1 aromatic rings. The van der Waals surface area contributed by atoms with Crippen molar-refractivity contribution in [3.05, 3.63) is 29.8 Å². The van der Waals surface area contributed by atoms with Gasteiger partial charge in [0.15, 0.2) is 17.1 Å². The van der Waals surface area contributed by atoms with E-state index in [9.17, 15) is 30.0 Å². The maximum absolute atomic E-state index is 11.9. The van der Waals surface area contributed by atoms with Gasteiger partial charge in [-0.2, -0.15) is 0 Å². The number of carbonyl (C=O) groups excluding carboxylic acids is 2. The number of aliphatic hydroxyl groups excluding tert-OH is 1. The number of hydrogen-bond acceptors (Lipinski definition) is 8. The highest BCUT2D eigenvalue weighted by molar-refractivity contribution is 5.87. The van der Waals surface area contributed by atoms with Gasteiger partial charge in [0.2, 0.25) is 0 Å². The average molecular weight is 336 g/mol. The molecule has 1 saturated carbocycles. The van der Waals surface area contributed by atoms with Crippen molar-refractivity contribution < 1.29 is 39.5 Å². The molecule has 2 aliphatic rings. The Labute approximate surface area is 136 Å². The maximum atomic E-state index is 11.9. The van der Waals surface area contributed by atoms with Gasteiger partial charge in [-0.15, -0.1) is 0 Å². The first-order valence-electron chi connectivity index (χ1n) is 7.31. The summed E-state index contributed by atoms with van der Waals surface area (Å²) in [6.45, 7) is 0. The molecule has 8 heteroatoms. The van der Waals surface area contributed by atoms with Crippen LogP contribution < -0.4 is 0 Å². The fourth-order valence-corrected chi connectivity index (χ4v) is 2.86. The third-order valence-corrected chi connectivity index (χ3v) is 4.16. The minimum Gasteiger partial charge on any atom is -0.504 e. The van der Waals surface area contributed by atoms with Gasteiger partial charge in [0, 0.05) is 18.9 Å². The lowest BCUT2D eigenvalue weighted by molar-refractivity contribution is -0.162. The molecule has 4 atom stereocenters. The van der Waals surface area contributed by atoms with E-state index in [0.717, 1.165) is 6.08 Å². The average Bonchev–Trinajstić information content (AvgIpc) is 2.78. The molecule has 8 nitrogen and oxygen atoms in total. The molecular formula is C16H16O8. The summed E-state index contributed by atoms with van der Waals surface area (Å²) in [5.41, 5.74) is -1.29. The molecule has 0 spiro atoms. The van der Waals surface area contributed by atoms with Gasteiger partial charge in [0.1, 0.15) is 18.3 Å². The Morgan fingerprint density at radius 3 is 2.75 bits per heavy atom. The standard InChI is InChI=1S/C16H16O8/c17-9-3-1-8(5-10(9)18)2-4-13(19)23-11-6-16(22)7-12(14(11)20)24-15(16)21/h1-5,11-12,14,17-18,20,22H,6-7H2/b4-2+/t11-,12-,14+,16+/m1/s1. The summed E-state index contributed by atoms with van der Waals surface area (Å²) in [6, 6.07) is 4.00. The molecule has 2 fully saturated rings. The van der Waals surface area contributed by atoms with Crippen molar-refractivity contribution in [2.75, 3.05) is 0 Å². The molecule has 1 aliphatic carbocycles. The largest absolute Gasteiger partial charge is 0.504 e. The molecule has 0 radical (unpaired) electrons. The van der Waals surface area contributed by atoms with Crippen LogP contribution in [0.5, 0.6) is 11.5 Å². The number of phenolic OH excluding ortho intramolecular Hbond substituents is 2. The second-order valence-electron chi connectivity index (χ2n) is 5.93. The van der Waals surface area contributed by atoms with Crippen molar-refractivity contribution in [2.24, 2.45) is 0 Å². The summed E-state index contributed by atoms with van der Waals surface area (Å²) >= 11 is 0. The van der Waals surface area contributed by atoms with Crippen molar-refractivity contribution in [3.8, 4) is 11.5 Å². The van der Waals surface area contributed by atoms with E-state index in [4.69, 9.17) is 9.47 Å². The highest BCUT2D eigenvalue weighted by atomic mass is 16.6. The lowest BCUT2D eigenvalue weighted by Crippen LogP contribution is -2.50. The zero-order chi connectivity index (χ0) is 17.5. The number of aromatic hydroxyl groups is 2. The molecule has 0 unspecified atom stereocenters. The molecule has 0 aromatic heterocycles. The van der Waals surface area contributed by atoms with Crippen molar-refractivity contribution in [2.45, 2.75) is 36.8 Å². The molecule has 0 amide bonds. The lowest BCUT2D eigenvalue weighted by Gasteiger charge is -2.32. The maximum Gasteiger partial charge on any atom is 0.338 e. The smallest absolute Gasteiger partial charge is 0.338 e. The number of esters is 2.